The second kappa shape index (κ2) is 7.94. The fourth-order valence-electron chi connectivity index (χ4n) is 2.68. The lowest BCUT2D eigenvalue weighted by molar-refractivity contribution is 0.0730. The molecule has 0 spiro atoms. The maximum absolute atomic E-state index is 12.7. The Balaban J connectivity index is 1.79. The minimum atomic E-state index is -3.73. The SMILES string of the molecule is Cc1ncc(CN(C)S(=O)(=O)c2ccc(S(=O)(=O)N3CCOCC3)cc2)s1. The molecule has 0 atom stereocenters. The van der Waals surface area contributed by atoms with Gasteiger partial charge in [0.1, 0.15) is 0 Å². The highest BCUT2D eigenvalue weighted by molar-refractivity contribution is 7.89. The van der Waals surface area contributed by atoms with E-state index in [1.807, 2.05) is 6.92 Å². The fourth-order valence-corrected chi connectivity index (χ4v) is 6.17. The summed E-state index contributed by atoms with van der Waals surface area (Å²) in [6, 6.07) is 5.33. The Labute approximate surface area is 163 Å². The Hall–Kier alpha value is -1.37. The Bertz CT molecular complexity index is 994. The fraction of sp³-hybridized carbons (Fsp3) is 0.438. The second-order valence-corrected chi connectivity index (χ2v) is 11.4. The van der Waals surface area contributed by atoms with E-state index >= 15 is 0 Å². The Morgan fingerprint density at radius 1 is 1.11 bits per heavy atom. The zero-order chi connectivity index (χ0) is 19.7. The lowest BCUT2D eigenvalue weighted by Crippen LogP contribution is -2.40. The number of hydrogen-bond acceptors (Lipinski definition) is 7. The van der Waals surface area contributed by atoms with Crippen molar-refractivity contribution in [2.45, 2.75) is 23.3 Å². The maximum Gasteiger partial charge on any atom is 0.243 e. The number of sulfonamides is 2. The molecule has 0 unspecified atom stereocenters. The predicted octanol–water partition coefficient (Wildman–Crippen LogP) is 1.29. The maximum atomic E-state index is 12.7. The van der Waals surface area contributed by atoms with Crippen LogP contribution in [0.25, 0.3) is 0 Å². The van der Waals surface area contributed by atoms with Gasteiger partial charge in [-0.3, -0.25) is 0 Å². The van der Waals surface area contributed by atoms with E-state index in [9.17, 15) is 16.8 Å². The van der Waals surface area contributed by atoms with Crippen molar-refractivity contribution in [1.29, 1.82) is 0 Å². The van der Waals surface area contributed by atoms with Crippen molar-refractivity contribution in [3.8, 4) is 0 Å². The van der Waals surface area contributed by atoms with E-state index < -0.39 is 20.0 Å². The van der Waals surface area contributed by atoms with Gasteiger partial charge in [0, 0.05) is 37.8 Å². The van der Waals surface area contributed by atoms with Crippen LogP contribution in [0, 0.1) is 6.92 Å². The molecule has 8 nitrogen and oxygen atoms in total. The van der Waals surface area contributed by atoms with Crippen LogP contribution in [0.2, 0.25) is 0 Å². The van der Waals surface area contributed by atoms with E-state index in [0.717, 1.165) is 9.88 Å². The van der Waals surface area contributed by atoms with Crippen LogP contribution in [0.4, 0.5) is 0 Å². The highest BCUT2D eigenvalue weighted by Crippen LogP contribution is 2.23. The van der Waals surface area contributed by atoms with Gasteiger partial charge in [0.25, 0.3) is 0 Å². The molecular formula is C16H21N3O5S3. The van der Waals surface area contributed by atoms with Gasteiger partial charge in [-0.15, -0.1) is 11.3 Å². The third-order valence-electron chi connectivity index (χ3n) is 4.19. The summed E-state index contributed by atoms with van der Waals surface area (Å²) in [7, 11) is -5.89. The molecule has 2 heterocycles. The topological polar surface area (TPSA) is 96.9 Å². The average molecular weight is 432 g/mol. The van der Waals surface area contributed by atoms with Gasteiger partial charge in [-0.1, -0.05) is 0 Å². The van der Waals surface area contributed by atoms with Gasteiger partial charge in [-0.05, 0) is 31.2 Å². The number of morpholine rings is 1. The summed E-state index contributed by atoms with van der Waals surface area (Å²) in [6.45, 7) is 3.36. The van der Waals surface area contributed by atoms with E-state index in [0.29, 0.717) is 26.3 Å². The number of aryl methyl sites for hydroxylation is 1. The molecule has 3 rings (SSSR count). The molecule has 0 aliphatic carbocycles. The molecule has 0 radical (unpaired) electrons. The first-order valence-corrected chi connectivity index (χ1v) is 12.0. The number of rotatable bonds is 6. The van der Waals surface area contributed by atoms with Gasteiger partial charge in [0.2, 0.25) is 20.0 Å². The van der Waals surface area contributed by atoms with Crippen molar-refractivity contribution in [1.82, 2.24) is 13.6 Å². The minimum absolute atomic E-state index is 0.0483. The van der Waals surface area contributed by atoms with Crippen LogP contribution < -0.4 is 0 Å². The molecular weight excluding hydrogens is 410 g/mol. The number of hydrogen-bond donors (Lipinski definition) is 0. The number of thiazole rings is 1. The third-order valence-corrected chi connectivity index (χ3v) is 8.82. The average Bonchev–Trinajstić information content (AvgIpc) is 3.07. The summed E-state index contributed by atoms with van der Waals surface area (Å²) >= 11 is 1.44. The molecule has 0 amide bonds. The zero-order valence-corrected chi connectivity index (χ0v) is 17.5. The van der Waals surface area contributed by atoms with Gasteiger partial charge in [0.15, 0.2) is 0 Å². The van der Waals surface area contributed by atoms with Crippen LogP contribution in [-0.4, -0.2) is 63.8 Å². The smallest absolute Gasteiger partial charge is 0.243 e. The monoisotopic (exact) mass is 431 g/mol. The van der Waals surface area contributed by atoms with E-state index in [4.69, 9.17) is 4.74 Å². The van der Waals surface area contributed by atoms with Crippen molar-refractivity contribution in [2.24, 2.45) is 0 Å². The first kappa shape index (κ1) is 20.4. The van der Waals surface area contributed by atoms with E-state index in [1.165, 1.54) is 51.3 Å². The van der Waals surface area contributed by atoms with Gasteiger partial charge < -0.3 is 4.74 Å². The van der Waals surface area contributed by atoms with Crippen molar-refractivity contribution < 1.29 is 21.6 Å². The molecule has 2 aromatic rings. The zero-order valence-electron chi connectivity index (χ0n) is 15.0. The van der Waals surface area contributed by atoms with Crippen LogP contribution >= 0.6 is 11.3 Å². The molecule has 1 aromatic carbocycles. The van der Waals surface area contributed by atoms with Crippen LogP contribution in [0.3, 0.4) is 0 Å². The Morgan fingerprint density at radius 2 is 1.70 bits per heavy atom. The summed E-state index contributed by atoms with van der Waals surface area (Å²) in [5, 5.41) is 0.869. The molecule has 0 saturated carbocycles. The molecule has 148 valence electrons. The Morgan fingerprint density at radius 3 is 2.26 bits per heavy atom. The van der Waals surface area contributed by atoms with Crippen LogP contribution in [0.1, 0.15) is 9.88 Å². The van der Waals surface area contributed by atoms with Gasteiger partial charge in [0.05, 0.1) is 28.0 Å². The van der Waals surface area contributed by atoms with Gasteiger partial charge in [-0.25, -0.2) is 21.8 Å². The number of ether oxygens (including phenoxy) is 1. The van der Waals surface area contributed by atoms with Crippen molar-refractivity contribution in [3.63, 3.8) is 0 Å². The van der Waals surface area contributed by atoms with Crippen LogP contribution in [0.15, 0.2) is 40.3 Å². The summed E-state index contributed by atoms with van der Waals surface area (Å²) < 4.78 is 58.5. The van der Waals surface area contributed by atoms with E-state index in [-0.39, 0.29) is 16.3 Å². The lowest BCUT2D eigenvalue weighted by Gasteiger charge is -2.26. The molecule has 1 aromatic heterocycles. The quantitative estimate of drug-likeness (QED) is 0.684. The predicted molar refractivity (Wildman–Crippen MR) is 102 cm³/mol. The molecule has 1 aliphatic heterocycles. The minimum Gasteiger partial charge on any atom is -0.379 e. The molecule has 0 N–H and O–H groups in total. The van der Waals surface area contributed by atoms with E-state index in [2.05, 4.69) is 4.98 Å². The Kier molecular flexibility index (Phi) is 5.99. The third kappa shape index (κ3) is 4.39. The molecule has 1 saturated heterocycles. The summed E-state index contributed by atoms with van der Waals surface area (Å²) in [5.74, 6) is 0. The van der Waals surface area contributed by atoms with Gasteiger partial charge in [-0.2, -0.15) is 8.61 Å². The van der Waals surface area contributed by atoms with Crippen molar-refractivity contribution in [3.05, 3.63) is 40.3 Å². The molecule has 11 heteroatoms. The number of nitrogens with zero attached hydrogens (tertiary/aromatic N) is 3. The largest absolute Gasteiger partial charge is 0.379 e. The summed E-state index contributed by atoms with van der Waals surface area (Å²) in [6.07, 6.45) is 1.66. The van der Waals surface area contributed by atoms with Crippen molar-refractivity contribution >= 4 is 31.4 Å². The van der Waals surface area contributed by atoms with Crippen LogP contribution in [-0.2, 0) is 31.3 Å². The molecule has 27 heavy (non-hydrogen) atoms. The van der Waals surface area contributed by atoms with Crippen molar-refractivity contribution in [2.75, 3.05) is 33.4 Å². The highest BCUT2D eigenvalue weighted by atomic mass is 32.2. The van der Waals surface area contributed by atoms with Gasteiger partial charge >= 0.3 is 0 Å². The second-order valence-electron chi connectivity index (χ2n) is 6.09. The molecule has 0 bridgehead atoms. The summed E-state index contributed by atoms with van der Waals surface area (Å²) in [4.78, 5) is 5.08. The summed E-state index contributed by atoms with van der Waals surface area (Å²) in [5.41, 5.74) is 0. The standard InChI is InChI=1S/C16H21N3O5S3/c1-13-17-11-14(25-13)12-18(2)26(20,21)15-3-5-16(6-4-15)27(22,23)19-7-9-24-10-8-19/h3-6,11H,7-10,12H2,1-2H3. The van der Waals surface area contributed by atoms with E-state index in [1.54, 1.807) is 6.20 Å². The lowest BCUT2D eigenvalue weighted by atomic mass is 10.4. The van der Waals surface area contributed by atoms with Crippen LogP contribution in [0.5, 0.6) is 0 Å². The highest BCUT2D eigenvalue weighted by Gasteiger charge is 2.27. The first-order valence-electron chi connectivity index (χ1n) is 8.27. The first-order chi connectivity index (χ1) is 12.7. The molecule has 1 aliphatic rings. The number of aromatic nitrogens is 1. The number of benzene rings is 1. The molecule has 1 fully saturated rings. The normalized spacial score (nSPS) is 16.7.